The lowest BCUT2D eigenvalue weighted by Gasteiger charge is -2.24. The fourth-order valence-corrected chi connectivity index (χ4v) is 3.15. The monoisotopic (exact) mass is 382 g/mol. The van der Waals surface area contributed by atoms with Gasteiger partial charge in [0.05, 0.1) is 19.1 Å². The van der Waals surface area contributed by atoms with Crippen LogP contribution in [0.5, 0.6) is 11.5 Å². The largest absolute Gasteiger partial charge is 0.490 e. The normalized spacial score (nSPS) is 15.6. The maximum atomic E-state index is 13.8. The number of nitrogens with zero attached hydrogens (tertiary/aromatic N) is 3. The second-order valence-electron chi connectivity index (χ2n) is 6.32. The maximum Gasteiger partial charge on any atom is 0.229 e. The first-order valence-corrected chi connectivity index (χ1v) is 8.98. The van der Waals surface area contributed by atoms with Gasteiger partial charge in [-0.05, 0) is 30.7 Å². The highest BCUT2D eigenvalue weighted by atomic mass is 19.1. The third-order valence-corrected chi connectivity index (χ3v) is 4.49. The van der Waals surface area contributed by atoms with E-state index < -0.39 is 0 Å². The Hall–Kier alpha value is -3.42. The van der Waals surface area contributed by atoms with Gasteiger partial charge >= 0.3 is 0 Å². The number of halogens is 1. The predicted molar refractivity (Wildman–Crippen MR) is 99.8 cm³/mol. The molecule has 0 fully saturated rings. The molecule has 28 heavy (non-hydrogen) atoms. The lowest BCUT2D eigenvalue weighted by Crippen LogP contribution is -2.29. The van der Waals surface area contributed by atoms with Crippen molar-refractivity contribution in [2.45, 2.75) is 26.0 Å². The number of fused-ring (bicyclic) bond motifs is 1. The highest BCUT2D eigenvalue weighted by Gasteiger charge is 2.28. The van der Waals surface area contributed by atoms with E-state index in [1.54, 1.807) is 28.9 Å². The average molecular weight is 382 g/mol. The van der Waals surface area contributed by atoms with Gasteiger partial charge in [0.25, 0.3) is 0 Å². The summed E-state index contributed by atoms with van der Waals surface area (Å²) in [6.45, 7) is 2.40. The zero-order chi connectivity index (χ0) is 19.5. The average Bonchev–Trinajstić information content (AvgIpc) is 3.16. The molecule has 1 amide bonds. The van der Waals surface area contributed by atoms with Gasteiger partial charge in [0, 0.05) is 5.56 Å². The van der Waals surface area contributed by atoms with Crippen LogP contribution in [0, 0.1) is 5.82 Å². The highest BCUT2D eigenvalue weighted by molar-refractivity contribution is 5.91. The number of anilines is 1. The van der Waals surface area contributed by atoms with E-state index in [4.69, 9.17) is 9.47 Å². The molecule has 0 aliphatic carbocycles. The van der Waals surface area contributed by atoms with E-state index in [1.165, 1.54) is 12.4 Å². The van der Waals surface area contributed by atoms with Crippen LogP contribution in [0.3, 0.4) is 0 Å². The Bertz CT molecular complexity index is 1000. The molecule has 0 radical (unpaired) electrons. The van der Waals surface area contributed by atoms with Crippen molar-refractivity contribution in [2.24, 2.45) is 0 Å². The Labute approximate surface area is 161 Å². The Morgan fingerprint density at radius 1 is 1.21 bits per heavy atom. The Morgan fingerprint density at radius 2 is 2.07 bits per heavy atom. The summed E-state index contributed by atoms with van der Waals surface area (Å²) >= 11 is 0. The quantitative estimate of drug-likeness (QED) is 0.708. The van der Waals surface area contributed by atoms with Crippen LogP contribution in [0.4, 0.5) is 10.3 Å². The molecule has 0 bridgehead atoms. The van der Waals surface area contributed by atoms with Crippen molar-refractivity contribution in [1.82, 2.24) is 14.8 Å². The molecule has 0 saturated heterocycles. The number of ether oxygens (including phenoxy) is 2. The minimum atomic E-state index is -0.316. The number of carbonyl (C=O) groups is 1. The van der Waals surface area contributed by atoms with Gasteiger partial charge in [0.1, 0.15) is 18.8 Å². The fraction of sp³-hybridized carbons (Fsp3) is 0.250. The van der Waals surface area contributed by atoms with Gasteiger partial charge in [0.2, 0.25) is 11.9 Å². The molecule has 144 valence electrons. The molecule has 3 aromatic rings. The molecule has 0 saturated carbocycles. The zero-order valence-electron chi connectivity index (χ0n) is 15.3. The van der Waals surface area contributed by atoms with E-state index in [0.29, 0.717) is 29.6 Å². The number of rotatable bonds is 6. The van der Waals surface area contributed by atoms with Gasteiger partial charge in [-0.3, -0.25) is 10.1 Å². The van der Waals surface area contributed by atoms with Crippen molar-refractivity contribution >= 4 is 11.9 Å². The van der Waals surface area contributed by atoms with Crippen LogP contribution in [0.2, 0.25) is 0 Å². The number of aromatic nitrogens is 3. The first-order valence-electron chi connectivity index (χ1n) is 8.98. The van der Waals surface area contributed by atoms with E-state index in [2.05, 4.69) is 15.4 Å². The molecule has 1 aromatic heterocycles. The molecule has 4 rings (SSSR count). The molecule has 1 atom stereocenters. The summed E-state index contributed by atoms with van der Waals surface area (Å²) in [6.07, 6.45) is 1.65. The summed E-state index contributed by atoms with van der Waals surface area (Å²) in [4.78, 5) is 16.1. The molecule has 0 spiro atoms. The number of nitrogens with one attached hydrogen (secondary N) is 1. The van der Waals surface area contributed by atoms with E-state index in [-0.39, 0.29) is 30.8 Å². The van der Waals surface area contributed by atoms with Crippen LogP contribution in [-0.4, -0.2) is 27.3 Å². The van der Waals surface area contributed by atoms with Gasteiger partial charge in [-0.15, -0.1) is 0 Å². The number of amides is 1. The summed E-state index contributed by atoms with van der Waals surface area (Å²) in [5.41, 5.74) is 1.31. The summed E-state index contributed by atoms with van der Waals surface area (Å²) in [6, 6.07) is 11.6. The minimum absolute atomic E-state index is 0.0884. The standard InChI is InChI=1S/C20H19FN4O3/c1-2-27-18-9-13(16-10-19(26)24-20-22-12-23-25(16)20)7-8-17(18)28-11-14-5-3-4-6-15(14)21/h3-9,12,16H,2,10-11H2,1H3,(H,22,23,24,26). The molecule has 1 N–H and O–H groups in total. The topological polar surface area (TPSA) is 78.3 Å². The van der Waals surface area contributed by atoms with Crippen molar-refractivity contribution in [3.8, 4) is 11.5 Å². The first kappa shape index (κ1) is 18.0. The van der Waals surface area contributed by atoms with Crippen molar-refractivity contribution in [3.05, 3.63) is 65.7 Å². The van der Waals surface area contributed by atoms with Crippen LogP contribution in [0.15, 0.2) is 48.8 Å². The molecular formula is C20H19FN4O3. The lowest BCUT2D eigenvalue weighted by molar-refractivity contribution is -0.117. The van der Waals surface area contributed by atoms with Crippen molar-refractivity contribution in [2.75, 3.05) is 11.9 Å². The molecule has 2 heterocycles. The zero-order valence-corrected chi connectivity index (χ0v) is 15.3. The molecular weight excluding hydrogens is 363 g/mol. The molecule has 8 heteroatoms. The number of hydrogen-bond donors (Lipinski definition) is 1. The third-order valence-electron chi connectivity index (χ3n) is 4.49. The van der Waals surface area contributed by atoms with E-state index >= 15 is 0 Å². The second-order valence-corrected chi connectivity index (χ2v) is 6.32. The summed E-state index contributed by atoms with van der Waals surface area (Å²) in [5.74, 6) is 1.02. The lowest BCUT2D eigenvalue weighted by atomic mass is 10.0. The Balaban J connectivity index is 1.61. The number of carbonyl (C=O) groups excluding carboxylic acids is 1. The maximum absolute atomic E-state index is 13.8. The van der Waals surface area contributed by atoms with Crippen molar-refractivity contribution in [1.29, 1.82) is 0 Å². The Morgan fingerprint density at radius 3 is 2.89 bits per heavy atom. The van der Waals surface area contributed by atoms with Crippen LogP contribution in [0.1, 0.15) is 30.5 Å². The Kier molecular flexibility index (Phi) is 4.92. The van der Waals surface area contributed by atoms with Crippen LogP contribution in [0.25, 0.3) is 0 Å². The van der Waals surface area contributed by atoms with Crippen LogP contribution < -0.4 is 14.8 Å². The number of hydrogen-bond acceptors (Lipinski definition) is 5. The fourth-order valence-electron chi connectivity index (χ4n) is 3.15. The van der Waals surface area contributed by atoms with Gasteiger partial charge < -0.3 is 9.47 Å². The molecule has 1 aliphatic rings. The van der Waals surface area contributed by atoms with E-state index in [1.807, 2.05) is 19.1 Å². The van der Waals surface area contributed by atoms with Gasteiger partial charge in [0.15, 0.2) is 11.5 Å². The predicted octanol–water partition coefficient (Wildman–Crippen LogP) is 3.33. The SMILES string of the molecule is CCOc1cc(C2CC(=O)Nc3ncnn32)ccc1OCc1ccccc1F. The van der Waals surface area contributed by atoms with Crippen LogP contribution in [-0.2, 0) is 11.4 Å². The third kappa shape index (κ3) is 3.53. The molecule has 2 aromatic carbocycles. The van der Waals surface area contributed by atoms with E-state index in [0.717, 1.165) is 5.56 Å². The summed E-state index contributed by atoms with van der Waals surface area (Å²) in [5, 5.41) is 6.90. The summed E-state index contributed by atoms with van der Waals surface area (Å²) in [7, 11) is 0. The van der Waals surface area contributed by atoms with Crippen LogP contribution >= 0.6 is 0 Å². The van der Waals surface area contributed by atoms with Crippen molar-refractivity contribution in [3.63, 3.8) is 0 Å². The van der Waals surface area contributed by atoms with Crippen molar-refractivity contribution < 1.29 is 18.7 Å². The molecule has 1 aliphatic heterocycles. The smallest absolute Gasteiger partial charge is 0.229 e. The van der Waals surface area contributed by atoms with Gasteiger partial charge in [-0.25, -0.2) is 9.07 Å². The van der Waals surface area contributed by atoms with Gasteiger partial charge in [-0.1, -0.05) is 24.3 Å². The van der Waals surface area contributed by atoms with E-state index in [9.17, 15) is 9.18 Å². The molecule has 1 unspecified atom stereocenters. The summed E-state index contributed by atoms with van der Waals surface area (Å²) < 4.78 is 27.0. The first-order chi connectivity index (χ1) is 13.7. The molecule has 7 nitrogen and oxygen atoms in total. The highest BCUT2D eigenvalue weighted by Crippen LogP contribution is 2.35. The van der Waals surface area contributed by atoms with Gasteiger partial charge in [-0.2, -0.15) is 10.1 Å². The minimum Gasteiger partial charge on any atom is -0.490 e. The number of benzene rings is 2. The second kappa shape index (κ2) is 7.67.